The lowest BCUT2D eigenvalue weighted by Crippen LogP contribution is -2.07. The van der Waals surface area contributed by atoms with Gasteiger partial charge in [0, 0.05) is 45.8 Å². The second-order valence-corrected chi connectivity index (χ2v) is 7.26. The van der Waals surface area contributed by atoms with E-state index >= 15 is 0 Å². The van der Waals surface area contributed by atoms with Gasteiger partial charge in [-0.15, -0.1) is 0 Å². The number of esters is 1. The fourth-order valence-electron chi connectivity index (χ4n) is 2.97. The molecule has 0 aliphatic heterocycles. The maximum atomic E-state index is 11.8. The molecule has 6 heteroatoms. The molecule has 0 spiro atoms. The maximum Gasteiger partial charge on any atom is 0.310 e. The van der Waals surface area contributed by atoms with Crippen LogP contribution in [-0.4, -0.2) is 33.1 Å². The first-order valence-corrected chi connectivity index (χ1v) is 9.49. The Morgan fingerprint density at radius 2 is 1.96 bits per heavy atom. The van der Waals surface area contributed by atoms with Crippen LogP contribution in [0.4, 0.5) is 0 Å². The molecule has 0 aliphatic carbocycles. The third-order valence-electron chi connectivity index (χ3n) is 4.35. The van der Waals surface area contributed by atoms with Crippen LogP contribution in [0.1, 0.15) is 16.8 Å². The zero-order valence-electron chi connectivity index (χ0n) is 14.5. The Morgan fingerprint density at radius 3 is 2.60 bits per heavy atom. The maximum absolute atomic E-state index is 11.8. The van der Waals surface area contributed by atoms with Gasteiger partial charge in [-0.2, -0.15) is 0 Å². The van der Waals surface area contributed by atoms with Crippen LogP contribution in [0.2, 0.25) is 0 Å². The summed E-state index contributed by atoms with van der Waals surface area (Å²) in [6.07, 6.45) is 3.65. The van der Waals surface area contributed by atoms with E-state index in [0.717, 1.165) is 32.7 Å². The summed E-state index contributed by atoms with van der Waals surface area (Å²) in [5.41, 5.74) is 3.88. The fraction of sp³-hybridized carbons (Fsp3) is 0.263. The minimum Gasteiger partial charge on any atom is -0.469 e. The van der Waals surface area contributed by atoms with Gasteiger partial charge in [0.1, 0.15) is 5.65 Å². The molecule has 5 nitrogen and oxygen atoms in total. The predicted octanol–water partition coefficient (Wildman–Crippen LogP) is 2.85. The Hall–Kier alpha value is -2.47. The van der Waals surface area contributed by atoms with Gasteiger partial charge in [-0.1, -0.05) is 12.1 Å². The number of hydrogen-bond acceptors (Lipinski definition) is 4. The van der Waals surface area contributed by atoms with E-state index < -0.39 is 10.8 Å². The number of pyridine rings is 1. The normalized spacial score (nSPS) is 12.3. The first-order chi connectivity index (χ1) is 12.0. The predicted molar refractivity (Wildman–Crippen MR) is 98.1 cm³/mol. The van der Waals surface area contributed by atoms with Crippen molar-refractivity contribution in [2.75, 3.05) is 13.4 Å². The highest BCUT2D eigenvalue weighted by molar-refractivity contribution is 7.84. The Morgan fingerprint density at radius 1 is 1.24 bits per heavy atom. The Labute approximate surface area is 149 Å². The van der Waals surface area contributed by atoms with Crippen LogP contribution in [0.25, 0.3) is 11.0 Å². The topological polar surface area (TPSA) is 61.2 Å². The fourth-order valence-corrected chi connectivity index (χ4v) is 3.49. The second-order valence-electron chi connectivity index (χ2n) is 5.88. The quantitative estimate of drug-likeness (QED) is 0.660. The van der Waals surface area contributed by atoms with Gasteiger partial charge in [0.2, 0.25) is 0 Å². The third-order valence-corrected chi connectivity index (χ3v) is 5.29. The van der Waals surface area contributed by atoms with Crippen molar-refractivity contribution in [2.24, 2.45) is 0 Å². The number of aromatic nitrogens is 2. The van der Waals surface area contributed by atoms with Crippen LogP contribution in [0, 0.1) is 6.92 Å². The molecule has 2 aromatic heterocycles. The van der Waals surface area contributed by atoms with Gasteiger partial charge < -0.3 is 9.30 Å². The van der Waals surface area contributed by atoms with Gasteiger partial charge in [-0.3, -0.25) is 9.00 Å². The van der Waals surface area contributed by atoms with Gasteiger partial charge in [-0.05, 0) is 42.3 Å². The van der Waals surface area contributed by atoms with E-state index in [1.165, 1.54) is 7.11 Å². The Bertz CT molecular complexity index is 945. The highest BCUT2D eigenvalue weighted by Crippen LogP contribution is 2.26. The van der Waals surface area contributed by atoms with Crippen LogP contribution in [0.5, 0.6) is 0 Å². The molecule has 0 bridgehead atoms. The molecule has 0 saturated heterocycles. The highest BCUT2D eigenvalue weighted by atomic mass is 32.2. The molecule has 0 amide bonds. The minimum atomic E-state index is -0.985. The van der Waals surface area contributed by atoms with E-state index in [-0.39, 0.29) is 12.4 Å². The first-order valence-electron chi connectivity index (χ1n) is 7.93. The lowest BCUT2D eigenvalue weighted by Gasteiger charge is -2.09. The molecule has 1 atom stereocenters. The summed E-state index contributed by atoms with van der Waals surface area (Å²) in [6, 6.07) is 11.6. The van der Waals surface area contributed by atoms with E-state index in [4.69, 9.17) is 4.74 Å². The Kier molecular flexibility index (Phi) is 4.99. The van der Waals surface area contributed by atoms with E-state index in [9.17, 15) is 9.00 Å². The lowest BCUT2D eigenvalue weighted by molar-refractivity contribution is -0.139. The molecule has 0 saturated carbocycles. The van der Waals surface area contributed by atoms with E-state index in [1.807, 2.05) is 43.3 Å². The van der Waals surface area contributed by atoms with Gasteiger partial charge >= 0.3 is 5.97 Å². The van der Waals surface area contributed by atoms with Crippen molar-refractivity contribution in [2.45, 2.75) is 24.8 Å². The molecule has 1 unspecified atom stereocenters. The van der Waals surface area contributed by atoms with Crippen molar-refractivity contribution in [3.63, 3.8) is 0 Å². The number of carbonyl (C=O) groups excluding carboxylic acids is 1. The van der Waals surface area contributed by atoms with Crippen LogP contribution >= 0.6 is 0 Å². The summed E-state index contributed by atoms with van der Waals surface area (Å²) in [5.74, 6) is -0.263. The highest BCUT2D eigenvalue weighted by Gasteiger charge is 2.17. The van der Waals surface area contributed by atoms with Gasteiger partial charge in [-0.25, -0.2) is 4.98 Å². The van der Waals surface area contributed by atoms with E-state index in [2.05, 4.69) is 9.55 Å². The number of benzene rings is 1. The standard InChI is InChI=1S/C19H20N2O3S/c1-13-17(11-18(22)24-2)16-5-4-10-20-19(16)21(13)12-14-6-8-15(9-7-14)25(3)23/h4-10H,11-12H2,1-3H3. The second kappa shape index (κ2) is 7.19. The smallest absolute Gasteiger partial charge is 0.310 e. The summed E-state index contributed by atoms with van der Waals surface area (Å²) in [6.45, 7) is 2.63. The van der Waals surface area contributed by atoms with Crippen molar-refractivity contribution in [3.8, 4) is 0 Å². The summed E-state index contributed by atoms with van der Waals surface area (Å²) in [5, 5.41) is 0.969. The van der Waals surface area contributed by atoms with E-state index in [1.54, 1.807) is 12.5 Å². The number of fused-ring (bicyclic) bond motifs is 1. The summed E-state index contributed by atoms with van der Waals surface area (Å²) in [4.78, 5) is 17.1. The molecule has 0 aliphatic rings. The molecule has 3 rings (SSSR count). The number of hydrogen-bond donors (Lipinski definition) is 0. The number of nitrogens with zero attached hydrogens (tertiary/aromatic N) is 2. The lowest BCUT2D eigenvalue weighted by atomic mass is 10.1. The molecule has 0 N–H and O–H groups in total. The van der Waals surface area contributed by atoms with Crippen molar-refractivity contribution >= 4 is 27.8 Å². The summed E-state index contributed by atoms with van der Waals surface area (Å²) in [7, 11) is 0.413. The molecule has 2 heterocycles. The van der Waals surface area contributed by atoms with Crippen molar-refractivity contribution < 1.29 is 13.7 Å². The zero-order chi connectivity index (χ0) is 18.0. The SMILES string of the molecule is COC(=O)Cc1c(C)n(Cc2ccc(S(C)=O)cc2)c2ncccc12. The van der Waals surface area contributed by atoms with Gasteiger partial charge in [0.05, 0.1) is 13.5 Å². The number of ether oxygens (including phenoxy) is 1. The Balaban J connectivity index is 2.02. The van der Waals surface area contributed by atoms with Crippen molar-refractivity contribution in [1.29, 1.82) is 0 Å². The van der Waals surface area contributed by atoms with Crippen LogP contribution in [0.3, 0.4) is 0 Å². The van der Waals surface area contributed by atoms with Crippen LogP contribution in [-0.2, 0) is 33.3 Å². The third kappa shape index (κ3) is 3.49. The van der Waals surface area contributed by atoms with Crippen molar-refractivity contribution in [1.82, 2.24) is 9.55 Å². The monoisotopic (exact) mass is 356 g/mol. The molecular formula is C19H20N2O3S. The molecule has 1 aromatic carbocycles. The molecule has 0 fully saturated rings. The average molecular weight is 356 g/mol. The molecule has 0 radical (unpaired) electrons. The van der Waals surface area contributed by atoms with E-state index in [0.29, 0.717) is 6.54 Å². The molecular weight excluding hydrogens is 336 g/mol. The summed E-state index contributed by atoms with van der Waals surface area (Å²) < 4.78 is 18.5. The molecule has 130 valence electrons. The van der Waals surface area contributed by atoms with Crippen molar-refractivity contribution in [3.05, 3.63) is 59.4 Å². The van der Waals surface area contributed by atoms with Crippen LogP contribution in [0.15, 0.2) is 47.5 Å². The largest absolute Gasteiger partial charge is 0.469 e. The van der Waals surface area contributed by atoms with Crippen LogP contribution < -0.4 is 0 Å². The first kappa shape index (κ1) is 17.4. The molecule has 25 heavy (non-hydrogen) atoms. The zero-order valence-corrected chi connectivity index (χ0v) is 15.3. The van der Waals surface area contributed by atoms with Gasteiger partial charge in [0.25, 0.3) is 0 Å². The average Bonchev–Trinajstić information content (AvgIpc) is 2.88. The summed E-state index contributed by atoms with van der Waals surface area (Å²) >= 11 is 0. The molecule has 3 aromatic rings. The number of methoxy groups -OCH3 is 1. The van der Waals surface area contributed by atoms with Gasteiger partial charge in [0.15, 0.2) is 0 Å². The minimum absolute atomic E-state index is 0.227. The number of carbonyl (C=O) groups is 1. The number of rotatable bonds is 5.